The standard InChI is InChI=1S/C10H15BrN2OS/c1-7(10(6-14)15-2)13-9-3-8(11)4-12-5-9/h3-5,7,10,13-14H,6H2,1-2H3/t7-,10-/m1/s1. The van der Waals surface area contributed by atoms with E-state index in [-0.39, 0.29) is 17.9 Å². The van der Waals surface area contributed by atoms with Crippen LogP contribution in [0.3, 0.4) is 0 Å². The number of rotatable bonds is 5. The van der Waals surface area contributed by atoms with Crippen LogP contribution in [-0.2, 0) is 0 Å². The van der Waals surface area contributed by atoms with Gasteiger partial charge in [-0.3, -0.25) is 4.98 Å². The minimum Gasteiger partial charge on any atom is -0.395 e. The minimum absolute atomic E-state index is 0.177. The van der Waals surface area contributed by atoms with Crippen LogP contribution in [0.2, 0.25) is 0 Å². The van der Waals surface area contributed by atoms with E-state index in [4.69, 9.17) is 5.11 Å². The van der Waals surface area contributed by atoms with Gasteiger partial charge in [-0.05, 0) is 35.2 Å². The van der Waals surface area contributed by atoms with Gasteiger partial charge in [0.1, 0.15) is 0 Å². The van der Waals surface area contributed by atoms with Crippen LogP contribution in [0.1, 0.15) is 6.92 Å². The van der Waals surface area contributed by atoms with Crippen molar-refractivity contribution in [1.82, 2.24) is 4.98 Å². The van der Waals surface area contributed by atoms with Crippen LogP contribution in [0.4, 0.5) is 5.69 Å². The van der Waals surface area contributed by atoms with Gasteiger partial charge in [-0.25, -0.2) is 0 Å². The Morgan fingerprint density at radius 1 is 1.60 bits per heavy atom. The van der Waals surface area contributed by atoms with Gasteiger partial charge in [0.25, 0.3) is 0 Å². The molecule has 84 valence electrons. The highest BCUT2D eigenvalue weighted by Gasteiger charge is 2.14. The van der Waals surface area contributed by atoms with Gasteiger partial charge in [0.2, 0.25) is 0 Å². The van der Waals surface area contributed by atoms with Crippen molar-refractivity contribution in [2.24, 2.45) is 0 Å². The van der Waals surface area contributed by atoms with E-state index in [0.717, 1.165) is 10.2 Å². The maximum Gasteiger partial charge on any atom is 0.0569 e. The van der Waals surface area contributed by atoms with Crippen molar-refractivity contribution in [3.63, 3.8) is 0 Å². The molecule has 0 saturated carbocycles. The number of pyridine rings is 1. The molecule has 2 atom stereocenters. The monoisotopic (exact) mass is 290 g/mol. The van der Waals surface area contributed by atoms with E-state index < -0.39 is 0 Å². The zero-order valence-corrected chi connectivity index (χ0v) is 11.2. The number of anilines is 1. The van der Waals surface area contributed by atoms with Crippen molar-refractivity contribution in [2.75, 3.05) is 18.2 Å². The Bertz CT molecular complexity index is 307. The van der Waals surface area contributed by atoms with Crippen LogP contribution in [-0.4, -0.2) is 34.2 Å². The lowest BCUT2D eigenvalue weighted by molar-refractivity contribution is 0.288. The number of hydrogen-bond donors (Lipinski definition) is 2. The van der Waals surface area contributed by atoms with Gasteiger partial charge in [-0.2, -0.15) is 11.8 Å². The van der Waals surface area contributed by atoms with Gasteiger partial charge in [0, 0.05) is 22.0 Å². The molecule has 5 heteroatoms. The molecule has 15 heavy (non-hydrogen) atoms. The number of aliphatic hydroxyl groups excluding tert-OH is 1. The SMILES string of the molecule is CS[C@H](CO)[C@@H](C)Nc1cncc(Br)c1. The first-order valence-electron chi connectivity index (χ1n) is 4.68. The maximum atomic E-state index is 9.14. The van der Waals surface area contributed by atoms with E-state index in [2.05, 4.69) is 33.2 Å². The molecule has 2 N–H and O–H groups in total. The number of nitrogens with one attached hydrogen (secondary N) is 1. The highest BCUT2D eigenvalue weighted by atomic mass is 79.9. The Morgan fingerprint density at radius 3 is 2.87 bits per heavy atom. The predicted octanol–water partition coefficient (Wildman–Crippen LogP) is 2.37. The molecular formula is C10H15BrN2OS. The second-order valence-corrected chi connectivity index (χ2v) is 5.27. The average molecular weight is 291 g/mol. The van der Waals surface area contributed by atoms with Crippen molar-refractivity contribution in [2.45, 2.75) is 18.2 Å². The molecule has 1 heterocycles. The van der Waals surface area contributed by atoms with E-state index in [1.807, 2.05) is 12.3 Å². The molecule has 0 spiro atoms. The van der Waals surface area contributed by atoms with Crippen molar-refractivity contribution in [3.05, 3.63) is 22.9 Å². The third kappa shape index (κ3) is 4.01. The first-order valence-corrected chi connectivity index (χ1v) is 6.76. The normalized spacial score (nSPS) is 14.7. The number of nitrogens with zero attached hydrogens (tertiary/aromatic N) is 1. The van der Waals surface area contributed by atoms with Crippen LogP contribution in [0.5, 0.6) is 0 Å². The van der Waals surface area contributed by atoms with Gasteiger partial charge >= 0.3 is 0 Å². The summed E-state index contributed by atoms with van der Waals surface area (Å²) in [5, 5.41) is 12.7. The summed E-state index contributed by atoms with van der Waals surface area (Å²) >= 11 is 5.02. The summed E-state index contributed by atoms with van der Waals surface area (Å²) in [5.41, 5.74) is 0.962. The van der Waals surface area contributed by atoms with Gasteiger partial charge in [-0.1, -0.05) is 0 Å². The topological polar surface area (TPSA) is 45.1 Å². The van der Waals surface area contributed by atoms with Gasteiger partial charge in [0.15, 0.2) is 0 Å². The zero-order chi connectivity index (χ0) is 11.3. The highest BCUT2D eigenvalue weighted by Crippen LogP contribution is 2.18. The lowest BCUT2D eigenvalue weighted by atomic mass is 10.2. The number of aliphatic hydroxyl groups is 1. The van der Waals surface area contributed by atoms with Gasteiger partial charge < -0.3 is 10.4 Å². The smallest absolute Gasteiger partial charge is 0.0569 e. The Hall–Kier alpha value is -0.260. The first-order chi connectivity index (χ1) is 7.17. The Balaban J connectivity index is 2.61. The second-order valence-electron chi connectivity index (χ2n) is 3.28. The Labute approximate surface area is 103 Å². The third-order valence-corrected chi connectivity index (χ3v) is 3.74. The Kier molecular flexibility index (Phi) is 5.42. The van der Waals surface area contributed by atoms with Crippen LogP contribution in [0.15, 0.2) is 22.9 Å². The fraction of sp³-hybridized carbons (Fsp3) is 0.500. The number of hydrogen-bond acceptors (Lipinski definition) is 4. The van der Waals surface area contributed by atoms with Gasteiger partial charge in [-0.15, -0.1) is 0 Å². The molecule has 0 bridgehead atoms. The summed E-state index contributed by atoms with van der Waals surface area (Å²) in [6.45, 7) is 2.23. The van der Waals surface area contributed by atoms with Gasteiger partial charge in [0.05, 0.1) is 18.5 Å². The van der Waals surface area contributed by atoms with Crippen molar-refractivity contribution >= 4 is 33.4 Å². The molecule has 0 aliphatic heterocycles. The lowest BCUT2D eigenvalue weighted by Gasteiger charge is -2.22. The fourth-order valence-corrected chi connectivity index (χ4v) is 2.27. The third-order valence-electron chi connectivity index (χ3n) is 2.14. The van der Waals surface area contributed by atoms with Crippen LogP contribution in [0, 0.1) is 0 Å². The van der Waals surface area contributed by atoms with E-state index in [1.165, 1.54) is 0 Å². The molecule has 0 aliphatic carbocycles. The van der Waals surface area contributed by atoms with E-state index in [9.17, 15) is 0 Å². The van der Waals surface area contributed by atoms with Crippen molar-refractivity contribution in [1.29, 1.82) is 0 Å². The minimum atomic E-state index is 0.177. The lowest BCUT2D eigenvalue weighted by Crippen LogP contribution is -2.30. The zero-order valence-electron chi connectivity index (χ0n) is 8.77. The van der Waals surface area contributed by atoms with Crippen LogP contribution >= 0.6 is 27.7 Å². The van der Waals surface area contributed by atoms with E-state index in [0.29, 0.717) is 0 Å². The number of thioether (sulfide) groups is 1. The van der Waals surface area contributed by atoms with Crippen molar-refractivity contribution in [3.8, 4) is 0 Å². The summed E-state index contributed by atoms with van der Waals surface area (Å²) in [6.07, 6.45) is 5.52. The fourth-order valence-electron chi connectivity index (χ4n) is 1.28. The number of halogens is 1. The molecule has 0 saturated heterocycles. The predicted molar refractivity (Wildman–Crippen MR) is 69.4 cm³/mol. The quantitative estimate of drug-likeness (QED) is 0.874. The first kappa shape index (κ1) is 12.8. The Morgan fingerprint density at radius 2 is 2.33 bits per heavy atom. The summed E-state index contributed by atoms with van der Waals surface area (Å²) in [4.78, 5) is 4.07. The molecule has 0 aromatic carbocycles. The van der Waals surface area contributed by atoms with Crippen LogP contribution in [0.25, 0.3) is 0 Å². The molecule has 0 fully saturated rings. The second kappa shape index (κ2) is 6.35. The molecule has 1 aromatic heterocycles. The molecular weight excluding hydrogens is 276 g/mol. The van der Waals surface area contributed by atoms with Crippen LogP contribution < -0.4 is 5.32 Å². The molecule has 0 radical (unpaired) electrons. The molecule has 0 amide bonds. The van der Waals surface area contributed by atoms with Crippen molar-refractivity contribution < 1.29 is 5.11 Å². The molecule has 0 aliphatic rings. The molecule has 1 rings (SSSR count). The number of aromatic nitrogens is 1. The maximum absolute atomic E-state index is 9.14. The summed E-state index contributed by atoms with van der Waals surface area (Å²) in [6, 6.07) is 2.18. The summed E-state index contributed by atoms with van der Waals surface area (Å²) < 4.78 is 0.949. The van der Waals surface area contributed by atoms with E-state index >= 15 is 0 Å². The average Bonchev–Trinajstić information content (AvgIpc) is 2.19. The molecule has 3 nitrogen and oxygen atoms in total. The summed E-state index contributed by atoms with van der Waals surface area (Å²) in [5.74, 6) is 0. The summed E-state index contributed by atoms with van der Waals surface area (Å²) in [7, 11) is 0. The highest BCUT2D eigenvalue weighted by molar-refractivity contribution is 9.10. The van der Waals surface area contributed by atoms with E-state index in [1.54, 1.807) is 24.2 Å². The molecule has 0 unspecified atom stereocenters. The largest absolute Gasteiger partial charge is 0.395 e. The molecule has 1 aromatic rings.